The van der Waals surface area contributed by atoms with E-state index < -0.39 is 30.7 Å². The van der Waals surface area contributed by atoms with Gasteiger partial charge in [-0.3, -0.25) is 4.79 Å². The SMILES string of the molecule is O=C(NCC(F)(F)F)C1CCCN1C(=O)NCc1cccnc1N1CCOCC1. The van der Waals surface area contributed by atoms with E-state index in [2.05, 4.69) is 15.2 Å². The van der Waals surface area contributed by atoms with Gasteiger partial charge in [0.2, 0.25) is 5.91 Å². The van der Waals surface area contributed by atoms with Gasteiger partial charge in [0.05, 0.1) is 13.2 Å². The van der Waals surface area contributed by atoms with Gasteiger partial charge in [-0.25, -0.2) is 9.78 Å². The minimum atomic E-state index is -4.49. The van der Waals surface area contributed by atoms with Crippen molar-refractivity contribution in [2.75, 3.05) is 44.3 Å². The highest BCUT2D eigenvalue weighted by Gasteiger charge is 2.36. The lowest BCUT2D eigenvalue weighted by Gasteiger charge is -2.29. The highest BCUT2D eigenvalue weighted by molar-refractivity contribution is 5.87. The van der Waals surface area contributed by atoms with Crippen LogP contribution in [0.25, 0.3) is 0 Å². The molecule has 8 nitrogen and oxygen atoms in total. The van der Waals surface area contributed by atoms with Gasteiger partial charge in [-0.15, -0.1) is 0 Å². The van der Waals surface area contributed by atoms with Crippen molar-refractivity contribution in [3.05, 3.63) is 23.9 Å². The number of anilines is 1. The first-order valence-electron chi connectivity index (χ1n) is 9.50. The Morgan fingerprint density at radius 1 is 1.21 bits per heavy atom. The van der Waals surface area contributed by atoms with Crippen LogP contribution in [0.15, 0.2) is 18.3 Å². The number of aromatic nitrogens is 1. The van der Waals surface area contributed by atoms with Gasteiger partial charge in [0.25, 0.3) is 0 Å². The van der Waals surface area contributed by atoms with Crippen molar-refractivity contribution < 1.29 is 27.5 Å². The number of pyridine rings is 1. The van der Waals surface area contributed by atoms with Crippen molar-refractivity contribution in [2.24, 2.45) is 0 Å². The maximum Gasteiger partial charge on any atom is 0.405 e. The van der Waals surface area contributed by atoms with Crippen LogP contribution < -0.4 is 15.5 Å². The molecule has 2 fully saturated rings. The maximum atomic E-state index is 12.6. The summed E-state index contributed by atoms with van der Waals surface area (Å²) in [7, 11) is 0. The molecule has 3 amide bonds. The summed E-state index contributed by atoms with van der Waals surface area (Å²) < 4.78 is 42.3. The Balaban J connectivity index is 1.58. The van der Waals surface area contributed by atoms with Crippen LogP contribution in [-0.2, 0) is 16.1 Å². The number of halogens is 3. The second-order valence-electron chi connectivity index (χ2n) is 6.93. The number of hydrogen-bond donors (Lipinski definition) is 2. The summed E-state index contributed by atoms with van der Waals surface area (Å²) >= 11 is 0. The quantitative estimate of drug-likeness (QED) is 0.757. The molecule has 2 aliphatic heterocycles. The number of nitrogens with zero attached hydrogens (tertiary/aromatic N) is 3. The molecule has 1 atom stereocenters. The van der Waals surface area contributed by atoms with Crippen LogP contribution in [0.1, 0.15) is 18.4 Å². The van der Waals surface area contributed by atoms with Crippen LogP contribution in [-0.4, -0.2) is 73.4 Å². The largest absolute Gasteiger partial charge is 0.405 e. The van der Waals surface area contributed by atoms with E-state index >= 15 is 0 Å². The van der Waals surface area contributed by atoms with Gasteiger partial charge < -0.3 is 25.2 Å². The average Bonchev–Trinajstić information content (AvgIpc) is 3.21. The second kappa shape index (κ2) is 9.29. The van der Waals surface area contributed by atoms with Crippen molar-refractivity contribution in [1.82, 2.24) is 20.5 Å². The topological polar surface area (TPSA) is 86.8 Å². The van der Waals surface area contributed by atoms with Gasteiger partial charge in [0.15, 0.2) is 0 Å². The minimum Gasteiger partial charge on any atom is -0.378 e. The average molecular weight is 415 g/mol. The van der Waals surface area contributed by atoms with Crippen LogP contribution in [0.2, 0.25) is 0 Å². The van der Waals surface area contributed by atoms with Crippen molar-refractivity contribution >= 4 is 17.8 Å². The summed E-state index contributed by atoms with van der Waals surface area (Å²) in [6, 6.07) is 2.25. The van der Waals surface area contributed by atoms with E-state index in [1.807, 2.05) is 11.4 Å². The Morgan fingerprint density at radius 2 is 1.97 bits per heavy atom. The molecule has 2 saturated heterocycles. The minimum absolute atomic E-state index is 0.201. The van der Waals surface area contributed by atoms with Crippen LogP contribution in [0.4, 0.5) is 23.8 Å². The molecular formula is C18H24F3N5O3. The molecule has 1 unspecified atom stereocenters. The van der Waals surface area contributed by atoms with Gasteiger partial charge in [-0.05, 0) is 18.9 Å². The van der Waals surface area contributed by atoms with Crippen molar-refractivity contribution in [3.63, 3.8) is 0 Å². The van der Waals surface area contributed by atoms with Gasteiger partial charge in [-0.1, -0.05) is 6.07 Å². The molecular weight excluding hydrogens is 391 g/mol. The zero-order chi connectivity index (χ0) is 20.9. The second-order valence-corrected chi connectivity index (χ2v) is 6.93. The molecule has 3 heterocycles. The number of urea groups is 1. The van der Waals surface area contributed by atoms with E-state index in [0.29, 0.717) is 45.7 Å². The highest BCUT2D eigenvalue weighted by atomic mass is 19.4. The molecule has 0 spiro atoms. The third-order valence-corrected chi connectivity index (χ3v) is 4.89. The molecule has 1 aromatic rings. The van der Waals surface area contributed by atoms with E-state index in [1.54, 1.807) is 12.3 Å². The fourth-order valence-electron chi connectivity index (χ4n) is 3.49. The zero-order valence-electron chi connectivity index (χ0n) is 15.9. The Bertz CT molecular complexity index is 725. The first kappa shape index (κ1) is 21.2. The predicted octanol–water partition coefficient (Wildman–Crippen LogP) is 1.27. The molecule has 0 saturated carbocycles. The smallest absolute Gasteiger partial charge is 0.378 e. The van der Waals surface area contributed by atoms with Gasteiger partial charge in [0, 0.05) is 37.9 Å². The summed E-state index contributed by atoms with van der Waals surface area (Å²) in [5, 5.41) is 4.63. The number of likely N-dealkylation sites (tertiary alicyclic amines) is 1. The van der Waals surface area contributed by atoms with E-state index in [-0.39, 0.29) is 6.54 Å². The number of carbonyl (C=O) groups excluding carboxylic acids is 2. The standard InChI is InChI=1S/C18H24F3N5O3/c19-18(20,21)12-24-16(27)14-4-2-6-26(14)17(28)23-11-13-3-1-5-22-15(13)25-7-9-29-10-8-25/h1,3,5,14H,2,4,6-12H2,(H,23,28)(H,24,27). The summed E-state index contributed by atoms with van der Waals surface area (Å²) in [6.07, 6.45) is -1.92. The molecule has 1 aromatic heterocycles. The van der Waals surface area contributed by atoms with Gasteiger partial charge in [-0.2, -0.15) is 13.2 Å². The molecule has 0 bridgehead atoms. The first-order chi connectivity index (χ1) is 13.8. The Labute approximate surface area is 166 Å². The molecule has 160 valence electrons. The predicted molar refractivity (Wildman–Crippen MR) is 98.3 cm³/mol. The summed E-state index contributed by atoms with van der Waals surface area (Å²) in [5.41, 5.74) is 0.819. The van der Waals surface area contributed by atoms with Crippen LogP contribution in [0, 0.1) is 0 Å². The molecule has 11 heteroatoms. The molecule has 29 heavy (non-hydrogen) atoms. The number of carbonyl (C=O) groups is 2. The number of alkyl halides is 3. The third-order valence-electron chi connectivity index (χ3n) is 4.89. The molecule has 0 aliphatic carbocycles. The van der Waals surface area contributed by atoms with Crippen molar-refractivity contribution in [3.8, 4) is 0 Å². The molecule has 2 N–H and O–H groups in total. The summed E-state index contributed by atoms with van der Waals surface area (Å²) in [6.45, 7) is 1.72. The first-order valence-corrected chi connectivity index (χ1v) is 9.50. The van der Waals surface area contributed by atoms with E-state index in [9.17, 15) is 22.8 Å². The van der Waals surface area contributed by atoms with Crippen molar-refractivity contribution in [2.45, 2.75) is 31.6 Å². The fourth-order valence-corrected chi connectivity index (χ4v) is 3.49. The molecule has 0 aromatic carbocycles. The van der Waals surface area contributed by atoms with E-state index in [1.165, 1.54) is 4.90 Å². The Morgan fingerprint density at radius 3 is 2.69 bits per heavy atom. The number of rotatable bonds is 5. The fraction of sp³-hybridized carbons (Fsp3) is 0.611. The van der Waals surface area contributed by atoms with Crippen molar-refractivity contribution in [1.29, 1.82) is 0 Å². The lowest BCUT2D eigenvalue weighted by molar-refractivity contribution is -0.140. The monoisotopic (exact) mass is 415 g/mol. The number of amides is 3. The Kier molecular flexibility index (Phi) is 6.78. The number of ether oxygens (including phenoxy) is 1. The summed E-state index contributed by atoms with van der Waals surface area (Å²) in [4.78, 5) is 32.4. The number of hydrogen-bond acceptors (Lipinski definition) is 5. The molecule has 0 radical (unpaired) electrons. The zero-order valence-corrected chi connectivity index (χ0v) is 15.9. The summed E-state index contributed by atoms with van der Waals surface area (Å²) in [5.74, 6) is -0.0256. The highest BCUT2D eigenvalue weighted by Crippen LogP contribution is 2.21. The van der Waals surface area contributed by atoms with Crippen LogP contribution >= 0.6 is 0 Å². The number of nitrogens with one attached hydrogen (secondary N) is 2. The van der Waals surface area contributed by atoms with E-state index in [4.69, 9.17) is 4.74 Å². The molecule has 3 rings (SSSR count). The third kappa shape index (κ3) is 5.72. The van der Waals surface area contributed by atoms with Crippen LogP contribution in [0.3, 0.4) is 0 Å². The van der Waals surface area contributed by atoms with Gasteiger partial charge >= 0.3 is 12.2 Å². The normalized spacial score (nSPS) is 19.9. The lowest BCUT2D eigenvalue weighted by atomic mass is 10.2. The lowest BCUT2D eigenvalue weighted by Crippen LogP contribution is -2.50. The number of morpholine rings is 1. The van der Waals surface area contributed by atoms with Gasteiger partial charge in [0.1, 0.15) is 18.4 Å². The van der Waals surface area contributed by atoms with E-state index in [0.717, 1.165) is 11.4 Å². The Hall–Kier alpha value is -2.56. The maximum absolute atomic E-state index is 12.6. The van der Waals surface area contributed by atoms with Crippen LogP contribution in [0.5, 0.6) is 0 Å². The molecule has 2 aliphatic rings.